The maximum atomic E-state index is 12.3. The van der Waals surface area contributed by atoms with E-state index in [0.717, 1.165) is 12.8 Å². The zero-order chi connectivity index (χ0) is 14.4. The molecule has 0 heterocycles. The number of carbonyl (C=O) groups is 1. The molecule has 1 aliphatic rings. The van der Waals surface area contributed by atoms with E-state index in [4.69, 9.17) is 16.3 Å². The van der Waals surface area contributed by atoms with Crippen molar-refractivity contribution in [3.8, 4) is 5.75 Å². The number of halogens is 1. The van der Waals surface area contributed by atoms with Gasteiger partial charge in [-0.1, -0.05) is 43.7 Å². The Bertz CT molecular complexity index is 454. The van der Waals surface area contributed by atoms with Gasteiger partial charge >= 0.3 is 0 Å². The van der Waals surface area contributed by atoms with Gasteiger partial charge in [-0.2, -0.15) is 0 Å². The molecule has 1 amide bonds. The molecule has 1 N–H and O–H groups in total. The predicted octanol–water partition coefficient (Wildman–Crippen LogP) is 4.19. The van der Waals surface area contributed by atoms with Gasteiger partial charge in [-0.15, -0.1) is 0 Å². The third-order valence-electron chi connectivity index (χ3n) is 3.85. The number of benzene rings is 1. The first kappa shape index (κ1) is 15.2. The van der Waals surface area contributed by atoms with Crippen molar-refractivity contribution >= 4 is 17.5 Å². The summed E-state index contributed by atoms with van der Waals surface area (Å²) in [5.74, 6) is 0.550. The van der Waals surface area contributed by atoms with Gasteiger partial charge in [0.25, 0.3) is 5.91 Å². The summed E-state index contributed by atoms with van der Waals surface area (Å²) in [6.45, 7) is 0. The van der Waals surface area contributed by atoms with Crippen LogP contribution >= 0.6 is 11.6 Å². The Morgan fingerprint density at radius 3 is 2.45 bits per heavy atom. The van der Waals surface area contributed by atoms with Crippen LogP contribution in [-0.2, 0) is 0 Å². The topological polar surface area (TPSA) is 38.3 Å². The quantitative estimate of drug-likeness (QED) is 0.908. The second-order valence-corrected chi connectivity index (χ2v) is 5.77. The molecule has 1 aromatic carbocycles. The molecule has 0 atom stereocenters. The highest BCUT2D eigenvalue weighted by Gasteiger charge is 2.16. The summed E-state index contributed by atoms with van der Waals surface area (Å²) in [6, 6.07) is 5.44. The highest BCUT2D eigenvalue weighted by molar-refractivity contribution is 6.32. The smallest absolute Gasteiger partial charge is 0.251 e. The first-order valence-electron chi connectivity index (χ1n) is 7.35. The average molecular weight is 296 g/mol. The molecule has 1 aromatic rings. The molecule has 0 bridgehead atoms. The molecular weight excluding hydrogens is 274 g/mol. The lowest BCUT2D eigenvalue weighted by molar-refractivity contribution is 0.0930. The molecule has 2 rings (SSSR count). The van der Waals surface area contributed by atoms with Crippen LogP contribution in [0.1, 0.15) is 55.3 Å². The van der Waals surface area contributed by atoms with E-state index in [1.807, 2.05) is 0 Å². The lowest BCUT2D eigenvalue weighted by atomic mass is 9.96. The standard InChI is InChI=1S/C16H22ClNO2/c1-20-15-10-9-12(11-14(15)17)16(19)18-13-7-5-3-2-4-6-8-13/h9-11,13H,2-8H2,1H3,(H,18,19). The summed E-state index contributed by atoms with van der Waals surface area (Å²) in [5, 5.41) is 3.60. The van der Waals surface area contributed by atoms with E-state index >= 15 is 0 Å². The highest BCUT2D eigenvalue weighted by Crippen LogP contribution is 2.25. The van der Waals surface area contributed by atoms with Gasteiger partial charge in [0.05, 0.1) is 12.1 Å². The van der Waals surface area contributed by atoms with Gasteiger partial charge in [0, 0.05) is 11.6 Å². The number of amides is 1. The first-order chi connectivity index (χ1) is 9.70. The summed E-state index contributed by atoms with van der Waals surface area (Å²) < 4.78 is 5.10. The van der Waals surface area contributed by atoms with Crippen molar-refractivity contribution in [3.63, 3.8) is 0 Å². The van der Waals surface area contributed by atoms with Crippen LogP contribution in [0.5, 0.6) is 5.75 Å². The number of nitrogens with one attached hydrogen (secondary N) is 1. The van der Waals surface area contributed by atoms with Crippen molar-refractivity contribution < 1.29 is 9.53 Å². The molecule has 1 saturated carbocycles. The van der Waals surface area contributed by atoms with Crippen LogP contribution in [0.2, 0.25) is 5.02 Å². The molecule has 1 aliphatic carbocycles. The van der Waals surface area contributed by atoms with Crippen molar-refractivity contribution in [2.75, 3.05) is 7.11 Å². The molecule has 20 heavy (non-hydrogen) atoms. The maximum Gasteiger partial charge on any atom is 0.251 e. The Morgan fingerprint density at radius 1 is 1.20 bits per heavy atom. The van der Waals surface area contributed by atoms with E-state index in [-0.39, 0.29) is 5.91 Å². The van der Waals surface area contributed by atoms with Crippen molar-refractivity contribution in [2.24, 2.45) is 0 Å². The van der Waals surface area contributed by atoms with Crippen LogP contribution in [0.4, 0.5) is 0 Å². The fourth-order valence-corrected chi connectivity index (χ4v) is 2.93. The summed E-state index contributed by atoms with van der Waals surface area (Å²) in [7, 11) is 1.56. The molecule has 0 saturated heterocycles. The van der Waals surface area contributed by atoms with Crippen LogP contribution in [0.15, 0.2) is 18.2 Å². The number of carbonyl (C=O) groups excluding carboxylic acids is 1. The minimum Gasteiger partial charge on any atom is -0.495 e. The van der Waals surface area contributed by atoms with Crippen LogP contribution < -0.4 is 10.1 Å². The Hall–Kier alpha value is -1.22. The minimum atomic E-state index is -0.0415. The molecule has 3 nitrogen and oxygen atoms in total. The molecule has 110 valence electrons. The molecule has 0 aromatic heterocycles. The number of hydrogen-bond donors (Lipinski definition) is 1. The fraction of sp³-hybridized carbons (Fsp3) is 0.562. The molecule has 1 fully saturated rings. The molecule has 0 unspecified atom stereocenters. The van der Waals surface area contributed by atoms with Crippen LogP contribution in [0.25, 0.3) is 0 Å². The van der Waals surface area contributed by atoms with Gasteiger partial charge in [0.15, 0.2) is 0 Å². The van der Waals surface area contributed by atoms with Crippen molar-refractivity contribution in [2.45, 2.75) is 51.0 Å². The zero-order valence-corrected chi connectivity index (χ0v) is 12.7. The summed E-state index contributed by atoms with van der Waals surface area (Å²) in [4.78, 5) is 12.3. The lowest BCUT2D eigenvalue weighted by Crippen LogP contribution is -2.35. The monoisotopic (exact) mass is 295 g/mol. The Balaban J connectivity index is 1.98. The molecular formula is C16H22ClNO2. The second-order valence-electron chi connectivity index (χ2n) is 5.36. The van der Waals surface area contributed by atoms with Crippen molar-refractivity contribution in [1.29, 1.82) is 0 Å². The van der Waals surface area contributed by atoms with Gasteiger partial charge in [0.2, 0.25) is 0 Å². The van der Waals surface area contributed by atoms with E-state index in [9.17, 15) is 4.79 Å². The largest absolute Gasteiger partial charge is 0.495 e. The zero-order valence-electron chi connectivity index (χ0n) is 12.0. The van der Waals surface area contributed by atoms with Crippen LogP contribution in [0.3, 0.4) is 0 Å². The normalized spacial score (nSPS) is 17.1. The van der Waals surface area contributed by atoms with Gasteiger partial charge in [-0.25, -0.2) is 0 Å². The SMILES string of the molecule is COc1ccc(C(=O)NC2CCCCCCC2)cc1Cl. The Kier molecular flexibility index (Phi) is 5.72. The fourth-order valence-electron chi connectivity index (χ4n) is 2.68. The van der Waals surface area contributed by atoms with Crippen molar-refractivity contribution in [3.05, 3.63) is 28.8 Å². The van der Waals surface area contributed by atoms with Gasteiger partial charge in [0.1, 0.15) is 5.75 Å². The molecule has 4 heteroatoms. The lowest BCUT2D eigenvalue weighted by Gasteiger charge is -2.21. The van der Waals surface area contributed by atoms with E-state index in [1.54, 1.807) is 25.3 Å². The summed E-state index contributed by atoms with van der Waals surface area (Å²) in [5.41, 5.74) is 0.595. The van der Waals surface area contributed by atoms with Crippen LogP contribution in [-0.4, -0.2) is 19.1 Å². The van der Waals surface area contributed by atoms with Gasteiger partial charge < -0.3 is 10.1 Å². The van der Waals surface area contributed by atoms with E-state index < -0.39 is 0 Å². The van der Waals surface area contributed by atoms with E-state index in [2.05, 4.69) is 5.32 Å². The first-order valence-corrected chi connectivity index (χ1v) is 7.73. The average Bonchev–Trinajstić information content (AvgIpc) is 2.41. The third kappa shape index (κ3) is 4.14. The number of ether oxygens (including phenoxy) is 1. The molecule has 0 radical (unpaired) electrons. The number of rotatable bonds is 3. The number of methoxy groups -OCH3 is 1. The Morgan fingerprint density at radius 2 is 1.85 bits per heavy atom. The van der Waals surface area contributed by atoms with Crippen molar-refractivity contribution in [1.82, 2.24) is 5.32 Å². The molecule has 0 spiro atoms. The van der Waals surface area contributed by atoms with E-state index in [0.29, 0.717) is 22.4 Å². The molecule has 0 aliphatic heterocycles. The summed E-state index contributed by atoms with van der Waals surface area (Å²) in [6.07, 6.45) is 8.45. The maximum absolute atomic E-state index is 12.3. The Labute approximate surface area is 125 Å². The summed E-state index contributed by atoms with van der Waals surface area (Å²) >= 11 is 6.06. The van der Waals surface area contributed by atoms with Gasteiger partial charge in [-0.05, 0) is 31.0 Å². The third-order valence-corrected chi connectivity index (χ3v) is 4.15. The predicted molar refractivity (Wildman–Crippen MR) is 81.6 cm³/mol. The minimum absolute atomic E-state index is 0.0415. The second kappa shape index (κ2) is 7.53. The van der Waals surface area contributed by atoms with Crippen LogP contribution in [0, 0.1) is 0 Å². The van der Waals surface area contributed by atoms with Gasteiger partial charge in [-0.3, -0.25) is 4.79 Å². The number of hydrogen-bond acceptors (Lipinski definition) is 2. The highest BCUT2D eigenvalue weighted by atomic mass is 35.5. The van der Waals surface area contributed by atoms with E-state index in [1.165, 1.54) is 32.1 Å².